The molecule has 94 valence electrons. The maximum Gasteiger partial charge on any atom is 0.275 e. The number of rotatable bonds is 4. The summed E-state index contributed by atoms with van der Waals surface area (Å²) < 4.78 is 5.35. The van der Waals surface area contributed by atoms with Gasteiger partial charge in [-0.25, -0.2) is 10.1 Å². The smallest absolute Gasteiger partial charge is 0.275 e. The molecule has 1 fully saturated rings. The van der Waals surface area contributed by atoms with Gasteiger partial charge in [0.1, 0.15) is 17.1 Å². The number of benzene rings is 1. The van der Waals surface area contributed by atoms with Crippen molar-refractivity contribution < 1.29 is 9.77 Å². The minimum Gasteiger partial charge on any atom is -0.463 e. The van der Waals surface area contributed by atoms with Crippen LogP contribution in [0.4, 0.5) is 0 Å². The highest BCUT2D eigenvalue weighted by molar-refractivity contribution is 5.82. The molecule has 18 heavy (non-hydrogen) atoms. The van der Waals surface area contributed by atoms with Crippen molar-refractivity contribution in [3.63, 3.8) is 0 Å². The normalized spacial score (nSPS) is 17.1. The molecule has 1 aromatic rings. The maximum absolute atomic E-state index is 10.3. The molecule has 7 nitrogen and oxygen atoms in total. The highest BCUT2D eigenvalue weighted by atomic mass is 16.7. The number of guanidine groups is 1. The standard InChI is InChI=1S/C11H12N4O3/c16-15(17)13-11-12-6-7-14(11)8-9-18-10-4-2-1-3-5-10/h1-5,8-9H,6-7H2,(H,12,13). The summed E-state index contributed by atoms with van der Waals surface area (Å²) in [6.45, 7) is 1.23. The van der Waals surface area contributed by atoms with Gasteiger partial charge in [0.2, 0.25) is 0 Å². The molecular weight excluding hydrogens is 236 g/mol. The van der Waals surface area contributed by atoms with Gasteiger partial charge in [-0.3, -0.25) is 0 Å². The van der Waals surface area contributed by atoms with Crippen LogP contribution in [0, 0.1) is 10.1 Å². The van der Waals surface area contributed by atoms with Crippen LogP contribution < -0.4 is 10.1 Å². The summed E-state index contributed by atoms with van der Waals surface area (Å²) in [6, 6.07) is 9.25. The first-order chi connectivity index (χ1) is 8.75. The lowest BCUT2D eigenvalue weighted by molar-refractivity contribution is -0.485. The molecule has 1 saturated heterocycles. The fourth-order valence-electron chi connectivity index (χ4n) is 1.49. The summed E-state index contributed by atoms with van der Waals surface area (Å²) in [5.74, 6) is 0.918. The largest absolute Gasteiger partial charge is 0.463 e. The summed E-state index contributed by atoms with van der Waals surface area (Å²) in [7, 11) is 0. The molecule has 1 aromatic carbocycles. The summed E-state index contributed by atoms with van der Waals surface area (Å²) in [6.07, 6.45) is 3.08. The molecule has 2 rings (SSSR count). The number of nitro groups is 1. The van der Waals surface area contributed by atoms with Gasteiger partial charge in [0.05, 0.1) is 0 Å². The molecule has 1 N–H and O–H groups in total. The Hall–Kier alpha value is -2.57. The van der Waals surface area contributed by atoms with Crippen LogP contribution in [0.3, 0.4) is 0 Å². The first-order valence-corrected chi connectivity index (χ1v) is 5.37. The van der Waals surface area contributed by atoms with Gasteiger partial charge in [-0.05, 0) is 12.1 Å². The molecule has 1 aliphatic rings. The second-order valence-electron chi connectivity index (χ2n) is 3.50. The van der Waals surface area contributed by atoms with Gasteiger partial charge in [0.25, 0.3) is 5.96 Å². The maximum atomic E-state index is 10.3. The molecule has 7 heteroatoms. The Morgan fingerprint density at radius 2 is 2.22 bits per heavy atom. The number of hydrogen-bond donors (Lipinski definition) is 1. The van der Waals surface area contributed by atoms with Crippen LogP contribution in [0.15, 0.2) is 47.9 Å². The van der Waals surface area contributed by atoms with E-state index in [2.05, 4.69) is 10.4 Å². The minimum absolute atomic E-state index is 0.216. The van der Waals surface area contributed by atoms with Crippen LogP contribution in [0.1, 0.15) is 0 Å². The van der Waals surface area contributed by atoms with Crippen molar-refractivity contribution in [3.8, 4) is 5.75 Å². The molecule has 0 saturated carbocycles. The molecule has 0 amide bonds. The Kier molecular flexibility index (Phi) is 3.75. The summed E-state index contributed by atoms with van der Waals surface area (Å²) >= 11 is 0. The van der Waals surface area contributed by atoms with Crippen molar-refractivity contribution >= 4 is 5.96 Å². The first kappa shape index (κ1) is 11.9. The second kappa shape index (κ2) is 5.67. The first-order valence-electron chi connectivity index (χ1n) is 5.37. The predicted octanol–water partition coefficient (Wildman–Crippen LogP) is 0.989. The van der Waals surface area contributed by atoms with Crippen molar-refractivity contribution in [2.45, 2.75) is 0 Å². The lowest BCUT2D eigenvalue weighted by Crippen LogP contribution is -2.26. The van der Waals surface area contributed by atoms with E-state index in [1.165, 1.54) is 6.26 Å². The van der Waals surface area contributed by atoms with E-state index in [0.717, 1.165) is 0 Å². The topological polar surface area (TPSA) is 80.0 Å². The van der Waals surface area contributed by atoms with Gasteiger partial charge >= 0.3 is 0 Å². The van der Waals surface area contributed by atoms with Crippen molar-refractivity contribution in [2.24, 2.45) is 5.10 Å². The Bertz CT molecular complexity index is 472. The van der Waals surface area contributed by atoms with Crippen LogP contribution in [0.5, 0.6) is 5.75 Å². The van der Waals surface area contributed by atoms with E-state index >= 15 is 0 Å². The highest BCUT2D eigenvalue weighted by Crippen LogP contribution is 2.09. The minimum atomic E-state index is -0.730. The molecular formula is C11H12N4O3. The van der Waals surface area contributed by atoms with E-state index in [1.54, 1.807) is 11.1 Å². The molecule has 1 aliphatic heterocycles. The Morgan fingerprint density at radius 1 is 1.44 bits per heavy atom. The molecule has 0 bridgehead atoms. The lowest BCUT2D eigenvalue weighted by atomic mass is 10.3. The zero-order valence-electron chi connectivity index (χ0n) is 9.52. The van der Waals surface area contributed by atoms with E-state index in [0.29, 0.717) is 18.8 Å². The van der Waals surface area contributed by atoms with Crippen molar-refractivity contribution in [1.29, 1.82) is 0 Å². The number of nitrogens with one attached hydrogen (secondary N) is 1. The van der Waals surface area contributed by atoms with Crippen LogP contribution in [0.25, 0.3) is 0 Å². The monoisotopic (exact) mass is 248 g/mol. The highest BCUT2D eigenvalue weighted by Gasteiger charge is 2.18. The predicted molar refractivity (Wildman–Crippen MR) is 65.3 cm³/mol. The SMILES string of the molecule is O=[N+]([O-])N=C1NCCN1C=COc1ccccc1. The third-order valence-corrected chi connectivity index (χ3v) is 2.27. The van der Waals surface area contributed by atoms with E-state index in [-0.39, 0.29) is 5.96 Å². The average Bonchev–Trinajstić information content (AvgIpc) is 2.77. The Balaban J connectivity index is 1.95. The Morgan fingerprint density at radius 3 is 2.94 bits per heavy atom. The van der Waals surface area contributed by atoms with Gasteiger partial charge in [0.15, 0.2) is 5.03 Å². The average molecular weight is 248 g/mol. The van der Waals surface area contributed by atoms with Crippen LogP contribution in [-0.2, 0) is 0 Å². The number of nitrogens with zero attached hydrogens (tertiary/aromatic N) is 3. The fraction of sp³-hybridized carbons (Fsp3) is 0.182. The van der Waals surface area contributed by atoms with Crippen molar-refractivity contribution in [1.82, 2.24) is 10.2 Å². The molecule has 0 atom stereocenters. The molecule has 0 spiro atoms. The number of ether oxygens (including phenoxy) is 1. The van der Waals surface area contributed by atoms with Crippen molar-refractivity contribution in [2.75, 3.05) is 13.1 Å². The number of para-hydroxylation sites is 1. The molecule has 0 aromatic heterocycles. The third kappa shape index (κ3) is 3.21. The van der Waals surface area contributed by atoms with Gasteiger partial charge in [0, 0.05) is 19.3 Å². The van der Waals surface area contributed by atoms with Crippen LogP contribution in [0.2, 0.25) is 0 Å². The van der Waals surface area contributed by atoms with Crippen LogP contribution >= 0.6 is 0 Å². The van der Waals surface area contributed by atoms with Crippen LogP contribution in [-0.4, -0.2) is 29.0 Å². The zero-order chi connectivity index (χ0) is 12.8. The van der Waals surface area contributed by atoms with Gasteiger partial charge in [-0.15, -0.1) is 0 Å². The zero-order valence-corrected chi connectivity index (χ0v) is 9.52. The molecule has 0 aliphatic carbocycles. The van der Waals surface area contributed by atoms with E-state index in [4.69, 9.17) is 4.74 Å². The summed E-state index contributed by atoms with van der Waals surface area (Å²) in [4.78, 5) is 11.9. The van der Waals surface area contributed by atoms with Gasteiger partial charge < -0.3 is 15.0 Å². The van der Waals surface area contributed by atoms with E-state index < -0.39 is 5.03 Å². The van der Waals surface area contributed by atoms with E-state index in [1.807, 2.05) is 30.3 Å². The summed E-state index contributed by atoms with van der Waals surface area (Å²) in [5.41, 5.74) is 0. The number of hydrazone groups is 1. The fourth-order valence-corrected chi connectivity index (χ4v) is 1.49. The second-order valence-corrected chi connectivity index (χ2v) is 3.50. The third-order valence-electron chi connectivity index (χ3n) is 2.27. The number of hydrogen-bond acceptors (Lipinski definition) is 3. The lowest BCUT2D eigenvalue weighted by Gasteiger charge is -2.08. The molecule has 0 radical (unpaired) electrons. The van der Waals surface area contributed by atoms with E-state index in [9.17, 15) is 10.1 Å². The van der Waals surface area contributed by atoms with Gasteiger partial charge in [-0.2, -0.15) is 0 Å². The van der Waals surface area contributed by atoms with Gasteiger partial charge in [-0.1, -0.05) is 18.2 Å². The molecule has 1 heterocycles. The Labute approximate surface area is 104 Å². The quantitative estimate of drug-likeness (QED) is 0.488. The molecule has 0 unspecified atom stereocenters. The summed E-state index contributed by atoms with van der Waals surface area (Å²) in [5, 5.41) is 15.6. The van der Waals surface area contributed by atoms with Crippen molar-refractivity contribution in [3.05, 3.63) is 52.9 Å².